The highest BCUT2D eigenvalue weighted by molar-refractivity contribution is 9.10. The largest absolute Gasteiger partial charge is 0.314 e. The number of halogens is 1. The second-order valence-corrected chi connectivity index (χ2v) is 4.69. The van der Waals surface area contributed by atoms with Crippen LogP contribution in [0.2, 0.25) is 0 Å². The number of nitrogens with zero attached hydrogens (tertiary/aromatic N) is 2. The second-order valence-electron chi connectivity index (χ2n) is 3.87. The summed E-state index contributed by atoms with van der Waals surface area (Å²) < 4.78 is 0.919. The highest BCUT2D eigenvalue weighted by Gasteiger charge is 2.17. The lowest BCUT2D eigenvalue weighted by Crippen LogP contribution is -2.44. The number of rotatable bonds is 2. The number of hydrogen-bond acceptors (Lipinski definition) is 3. The Hall–Kier alpha value is -0.450. The highest BCUT2D eigenvalue weighted by atomic mass is 79.9. The van der Waals surface area contributed by atoms with E-state index in [9.17, 15) is 0 Å². The van der Waals surface area contributed by atoms with E-state index >= 15 is 0 Å². The van der Waals surface area contributed by atoms with Crippen LogP contribution in [0, 0.1) is 0 Å². The number of nitrogens with one attached hydrogen (secondary N) is 1. The Morgan fingerprint density at radius 2 is 2.20 bits per heavy atom. The molecule has 0 amide bonds. The molecular formula is C11H16BrN3. The van der Waals surface area contributed by atoms with Gasteiger partial charge in [-0.1, -0.05) is 0 Å². The van der Waals surface area contributed by atoms with Gasteiger partial charge in [-0.3, -0.25) is 4.90 Å². The third-order valence-electron chi connectivity index (χ3n) is 2.93. The molecule has 0 aliphatic carbocycles. The third-order valence-corrected chi connectivity index (χ3v) is 3.37. The van der Waals surface area contributed by atoms with Crippen molar-refractivity contribution in [1.29, 1.82) is 0 Å². The van der Waals surface area contributed by atoms with Gasteiger partial charge in [0.05, 0.1) is 0 Å². The molecule has 1 aromatic heterocycles. The maximum absolute atomic E-state index is 4.15. The fourth-order valence-electron chi connectivity index (χ4n) is 1.96. The van der Waals surface area contributed by atoms with E-state index in [1.54, 1.807) is 0 Å². The summed E-state index contributed by atoms with van der Waals surface area (Å²) in [4.78, 5) is 6.65. The fourth-order valence-corrected chi connectivity index (χ4v) is 2.34. The van der Waals surface area contributed by atoms with Gasteiger partial charge in [0.2, 0.25) is 0 Å². The van der Waals surface area contributed by atoms with Crippen molar-refractivity contribution in [2.24, 2.45) is 0 Å². The number of aromatic nitrogens is 1. The lowest BCUT2D eigenvalue weighted by Gasteiger charge is -2.33. The zero-order valence-corrected chi connectivity index (χ0v) is 10.5. The van der Waals surface area contributed by atoms with Gasteiger partial charge in [0.25, 0.3) is 0 Å². The monoisotopic (exact) mass is 269 g/mol. The Kier molecular flexibility index (Phi) is 3.72. The third kappa shape index (κ3) is 2.77. The van der Waals surface area contributed by atoms with Gasteiger partial charge in [-0.25, -0.2) is 4.98 Å². The Morgan fingerprint density at radius 3 is 2.87 bits per heavy atom. The van der Waals surface area contributed by atoms with E-state index in [0.29, 0.717) is 6.04 Å². The van der Waals surface area contributed by atoms with Gasteiger partial charge in [0.1, 0.15) is 4.60 Å². The molecule has 4 heteroatoms. The number of hydrogen-bond donors (Lipinski definition) is 1. The normalized spacial score (nSPS) is 20.1. The summed E-state index contributed by atoms with van der Waals surface area (Å²) in [5, 5.41) is 3.37. The SMILES string of the molecule is C[C@H](c1ccnc(Br)c1)N1CCNCC1. The average Bonchev–Trinajstić information content (AvgIpc) is 2.29. The molecule has 2 rings (SSSR count). The molecule has 0 saturated carbocycles. The van der Waals surface area contributed by atoms with E-state index in [0.717, 1.165) is 30.8 Å². The standard InChI is InChI=1S/C11H16BrN3/c1-9(15-6-4-13-5-7-15)10-2-3-14-11(12)8-10/h2-3,8-9,13H,4-7H2,1H3/t9-/m1/s1. The van der Waals surface area contributed by atoms with Crippen LogP contribution in [0.4, 0.5) is 0 Å². The van der Waals surface area contributed by atoms with Gasteiger partial charge in [-0.2, -0.15) is 0 Å². The summed E-state index contributed by atoms with van der Waals surface area (Å²) >= 11 is 3.41. The van der Waals surface area contributed by atoms with Gasteiger partial charge < -0.3 is 5.32 Å². The van der Waals surface area contributed by atoms with E-state index in [4.69, 9.17) is 0 Å². The number of piperazine rings is 1. The minimum Gasteiger partial charge on any atom is -0.314 e. The molecule has 1 fully saturated rings. The molecule has 0 radical (unpaired) electrons. The molecule has 1 saturated heterocycles. The zero-order valence-electron chi connectivity index (χ0n) is 8.91. The predicted octanol–water partition coefficient (Wildman–Crippen LogP) is 1.81. The van der Waals surface area contributed by atoms with Gasteiger partial charge in [0, 0.05) is 38.4 Å². The first kappa shape index (κ1) is 11.0. The maximum atomic E-state index is 4.15. The van der Waals surface area contributed by atoms with Crippen LogP contribution < -0.4 is 5.32 Å². The Bertz CT molecular complexity index is 323. The first-order valence-electron chi connectivity index (χ1n) is 5.33. The fraction of sp³-hybridized carbons (Fsp3) is 0.545. The van der Waals surface area contributed by atoms with E-state index in [2.05, 4.69) is 50.2 Å². The second kappa shape index (κ2) is 5.05. The smallest absolute Gasteiger partial charge is 0.106 e. The zero-order chi connectivity index (χ0) is 10.7. The van der Waals surface area contributed by atoms with Gasteiger partial charge in [0.15, 0.2) is 0 Å². The molecule has 1 aliphatic rings. The molecule has 15 heavy (non-hydrogen) atoms. The lowest BCUT2D eigenvalue weighted by molar-refractivity contribution is 0.185. The summed E-state index contributed by atoms with van der Waals surface area (Å²) in [5.74, 6) is 0. The van der Waals surface area contributed by atoms with Crippen molar-refractivity contribution < 1.29 is 0 Å². The maximum Gasteiger partial charge on any atom is 0.106 e. The van der Waals surface area contributed by atoms with Crippen LogP contribution in [0.5, 0.6) is 0 Å². The Balaban J connectivity index is 2.08. The van der Waals surface area contributed by atoms with Crippen molar-refractivity contribution in [3.05, 3.63) is 28.5 Å². The van der Waals surface area contributed by atoms with Crippen LogP contribution in [0.15, 0.2) is 22.9 Å². The molecule has 1 atom stereocenters. The predicted molar refractivity (Wildman–Crippen MR) is 64.8 cm³/mol. The molecule has 1 N–H and O–H groups in total. The number of pyridine rings is 1. The van der Waals surface area contributed by atoms with Gasteiger partial charge in [-0.15, -0.1) is 0 Å². The summed E-state index contributed by atoms with van der Waals surface area (Å²) in [7, 11) is 0. The average molecular weight is 270 g/mol. The van der Waals surface area contributed by atoms with Crippen molar-refractivity contribution in [2.45, 2.75) is 13.0 Å². The van der Waals surface area contributed by atoms with Crippen LogP contribution in [-0.4, -0.2) is 36.1 Å². The van der Waals surface area contributed by atoms with E-state index in [-0.39, 0.29) is 0 Å². The minimum absolute atomic E-state index is 0.478. The molecule has 2 heterocycles. The summed E-state index contributed by atoms with van der Waals surface area (Å²) in [6.45, 7) is 6.70. The molecule has 0 aromatic carbocycles. The Labute approximate surface area is 99.0 Å². The molecule has 1 aliphatic heterocycles. The van der Waals surface area contributed by atoms with Crippen molar-refractivity contribution in [1.82, 2.24) is 15.2 Å². The first-order chi connectivity index (χ1) is 7.27. The summed E-state index contributed by atoms with van der Waals surface area (Å²) in [5.41, 5.74) is 1.33. The summed E-state index contributed by atoms with van der Waals surface area (Å²) in [6.07, 6.45) is 1.86. The van der Waals surface area contributed by atoms with Crippen LogP contribution in [0.25, 0.3) is 0 Å². The summed E-state index contributed by atoms with van der Waals surface area (Å²) in [6, 6.07) is 4.68. The van der Waals surface area contributed by atoms with Crippen LogP contribution in [0.1, 0.15) is 18.5 Å². The van der Waals surface area contributed by atoms with Crippen molar-refractivity contribution in [3.8, 4) is 0 Å². The molecule has 0 unspecified atom stereocenters. The first-order valence-corrected chi connectivity index (χ1v) is 6.13. The lowest BCUT2D eigenvalue weighted by atomic mass is 10.1. The molecule has 0 spiro atoms. The van der Waals surface area contributed by atoms with Gasteiger partial charge >= 0.3 is 0 Å². The van der Waals surface area contributed by atoms with Crippen molar-refractivity contribution >= 4 is 15.9 Å². The molecular weight excluding hydrogens is 254 g/mol. The molecule has 1 aromatic rings. The van der Waals surface area contributed by atoms with Crippen molar-refractivity contribution in [3.63, 3.8) is 0 Å². The minimum atomic E-state index is 0.478. The van der Waals surface area contributed by atoms with Gasteiger partial charge in [-0.05, 0) is 40.5 Å². The highest BCUT2D eigenvalue weighted by Crippen LogP contribution is 2.21. The van der Waals surface area contributed by atoms with E-state index < -0.39 is 0 Å². The molecule has 3 nitrogen and oxygen atoms in total. The van der Waals surface area contributed by atoms with Crippen LogP contribution in [-0.2, 0) is 0 Å². The topological polar surface area (TPSA) is 28.2 Å². The Morgan fingerprint density at radius 1 is 1.47 bits per heavy atom. The van der Waals surface area contributed by atoms with Crippen molar-refractivity contribution in [2.75, 3.05) is 26.2 Å². The quantitative estimate of drug-likeness (QED) is 0.831. The van der Waals surface area contributed by atoms with Crippen LogP contribution in [0.3, 0.4) is 0 Å². The van der Waals surface area contributed by atoms with E-state index in [1.807, 2.05) is 6.20 Å². The van der Waals surface area contributed by atoms with E-state index in [1.165, 1.54) is 5.56 Å². The molecule has 82 valence electrons. The molecule has 0 bridgehead atoms. The van der Waals surface area contributed by atoms with Crippen LogP contribution >= 0.6 is 15.9 Å².